The van der Waals surface area contributed by atoms with Gasteiger partial charge < -0.3 is 19.5 Å². The third kappa shape index (κ3) is 5.54. The summed E-state index contributed by atoms with van der Waals surface area (Å²) in [6, 6.07) is 10.1. The van der Waals surface area contributed by atoms with Gasteiger partial charge in [-0.2, -0.15) is 0 Å². The molecule has 0 saturated heterocycles. The summed E-state index contributed by atoms with van der Waals surface area (Å²) in [5.74, 6) is 0.222. The molecule has 0 bridgehead atoms. The molecule has 0 radical (unpaired) electrons. The molecule has 1 amide bonds. The summed E-state index contributed by atoms with van der Waals surface area (Å²) < 4.78 is 38.8. The Hall–Kier alpha value is -2.49. The van der Waals surface area contributed by atoms with Gasteiger partial charge in [-0.1, -0.05) is 24.4 Å². The highest BCUT2D eigenvalue weighted by Crippen LogP contribution is 2.33. The number of aliphatic hydroxyl groups excluding tert-OH is 1. The van der Waals surface area contributed by atoms with E-state index in [9.17, 15) is 18.3 Å². The summed E-state index contributed by atoms with van der Waals surface area (Å²) in [4.78, 5) is 14.6. The molecule has 2 unspecified atom stereocenters. The number of carbonyl (C=O) groups is 1. The topological polar surface area (TPSA) is 96.4 Å². The van der Waals surface area contributed by atoms with Crippen LogP contribution in [0.2, 0.25) is 5.02 Å². The van der Waals surface area contributed by atoms with Crippen LogP contribution in [0.15, 0.2) is 47.4 Å². The molecule has 10 heteroatoms. The predicted octanol–water partition coefficient (Wildman–Crippen LogP) is 3.31. The van der Waals surface area contributed by atoms with E-state index in [-0.39, 0.29) is 16.7 Å². The zero-order chi connectivity index (χ0) is 24.2. The normalized spacial score (nSPS) is 18.5. The van der Waals surface area contributed by atoms with Crippen LogP contribution in [0.4, 0.5) is 5.69 Å². The molecule has 1 N–H and O–H groups in total. The molecule has 2 aromatic carbocycles. The van der Waals surface area contributed by atoms with Gasteiger partial charge in [0.15, 0.2) is 11.5 Å². The average Bonchev–Trinajstić information content (AvgIpc) is 2.82. The van der Waals surface area contributed by atoms with Crippen LogP contribution in [0.25, 0.3) is 0 Å². The summed E-state index contributed by atoms with van der Waals surface area (Å²) in [6.45, 7) is -0.433. The molecule has 0 heterocycles. The van der Waals surface area contributed by atoms with Gasteiger partial charge in [-0.05, 0) is 49.2 Å². The van der Waals surface area contributed by atoms with Gasteiger partial charge in [0.1, 0.15) is 6.54 Å². The quantitative estimate of drug-likeness (QED) is 0.602. The molecule has 0 aromatic heterocycles. The van der Waals surface area contributed by atoms with E-state index in [0.717, 1.165) is 17.1 Å². The maximum atomic E-state index is 13.7. The van der Waals surface area contributed by atoms with E-state index in [0.29, 0.717) is 29.3 Å². The van der Waals surface area contributed by atoms with Crippen LogP contribution >= 0.6 is 11.6 Å². The minimum absolute atomic E-state index is 0.0525. The van der Waals surface area contributed by atoms with Gasteiger partial charge in [-0.15, -0.1) is 0 Å². The molecule has 33 heavy (non-hydrogen) atoms. The number of hydrogen-bond donors (Lipinski definition) is 1. The molecule has 1 aliphatic rings. The van der Waals surface area contributed by atoms with Crippen LogP contribution in [0.3, 0.4) is 0 Å². The Labute approximate surface area is 199 Å². The van der Waals surface area contributed by atoms with Gasteiger partial charge in [0.25, 0.3) is 10.0 Å². The highest BCUT2D eigenvalue weighted by atomic mass is 35.5. The van der Waals surface area contributed by atoms with Gasteiger partial charge in [0.2, 0.25) is 5.91 Å². The summed E-state index contributed by atoms with van der Waals surface area (Å²) in [7, 11) is 0.324. The molecule has 2 atom stereocenters. The lowest BCUT2D eigenvalue weighted by Crippen LogP contribution is -2.50. The average molecular weight is 497 g/mol. The predicted molar refractivity (Wildman–Crippen MR) is 127 cm³/mol. The van der Waals surface area contributed by atoms with Crippen LogP contribution in [-0.4, -0.2) is 64.3 Å². The SMILES string of the molecule is COc1ccc(S(=O)(=O)N(CC(=O)N(C)C2CCCCC2O)c2ccc(Cl)cc2)cc1OC. The lowest BCUT2D eigenvalue weighted by Gasteiger charge is -2.36. The van der Waals surface area contributed by atoms with Crippen molar-refractivity contribution in [1.29, 1.82) is 0 Å². The fourth-order valence-electron chi connectivity index (χ4n) is 3.99. The van der Waals surface area contributed by atoms with Crippen LogP contribution < -0.4 is 13.8 Å². The van der Waals surface area contributed by atoms with Crippen molar-refractivity contribution in [2.75, 3.05) is 32.1 Å². The summed E-state index contributed by atoms with van der Waals surface area (Å²) in [5.41, 5.74) is 0.292. The number of ether oxygens (including phenoxy) is 2. The van der Waals surface area contributed by atoms with Crippen molar-refractivity contribution >= 4 is 33.2 Å². The number of nitrogens with zero attached hydrogens (tertiary/aromatic N) is 2. The molecule has 0 spiro atoms. The Balaban J connectivity index is 1.97. The van der Waals surface area contributed by atoms with Gasteiger partial charge >= 0.3 is 0 Å². The highest BCUT2D eigenvalue weighted by Gasteiger charge is 2.33. The fraction of sp³-hybridized carbons (Fsp3) is 0.435. The first-order chi connectivity index (χ1) is 15.7. The molecule has 1 aliphatic carbocycles. The largest absolute Gasteiger partial charge is 0.493 e. The monoisotopic (exact) mass is 496 g/mol. The maximum absolute atomic E-state index is 13.7. The van der Waals surface area contributed by atoms with E-state index < -0.39 is 28.6 Å². The van der Waals surface area contributed by atoms with E-state index in [2.05, 4.69) is 0 Å². The first kappa shape index (κ1) is 25.1. The second kappa shape index (κ2) is 10.6. The Morgan fingerprint density at radius 1 is 1.06 bits per heavy atom. The molecule has 1 saturated carbocycles. The molecular weight excluding hydrogens is 468 g/mol. The number of anilines is 1. The second-order valence-electron chi connectivity index (χ2n) is 7.93. The Bertz CT molecular complexity index is 1080. The first-order valence-corrected chi connectivity index (χ1v) is 12.4. The van der Waals surface area contributed by atoms with Crippen LogP contribution in [0.1, 0.15) is 25.7 Å². The van der Waals surface area contributed by atoms with Crippen molar-refractivity contribution in [3.63, 3.8) is 0 Å². The van der Waals surface area contributed by atoms with Crippen molar-refractivity contribution in [2.45, 2.75) is 42.7 Å². The molecule has 8 nitrogen and oxygen atoms in total. The minimum atomic E-state index is -4.15. The molecule has 0 aliphatic heterocycles. The Morgan fingerprint density at radius 2 is 1.70 bits per heavy atom. The minimum Gasteiger partial charge on any atom is -0.493 e. The number of likely N-dealkylation sites (N-methyl/N-ethyl adjacent to an activating group) is 1. The van der Waals surface area contributed by atoms with E-state index in [1.165, 1.54) is 37.3 Å². The molecule has 3 rings (SSSR count). The smallest absolute Gasteiger partial charge is 0.264 e. The third-order valence-corrected chi connectivity index (χ3v) is 7.94. The number of halogens is 1. The molecular formula is C23H29ClN2O6S. The van der Waals surface area contributed by atoms with Gasteiger partial charge in [0, 0.05) is 18.1 Å². The number of sulfonamides is 1. The lowest BCUT2D eigenvalue weighted by molar-refractivity contribution is -0.133. The molecule has 180 valence electrons. The van der Waals surface area contributed by atoms with E-state index in [1.807, 2.05) is 0 Å². The zero-order valence-electron chi connectivity index (χ0n) is 18.9. The third-order valence-electron chi connectivity index (χ3n) is 5.92. The maximum Gasteiger partial charge on any atom is 0.264 e. The number of methoxy groups -OCH3 is 2. The van der Waals surface area contributed by atoms with E-state index >= 15 is 0 Å². The second-order valence-corrected chi connectivity index (χ2v) is 10.2. The highest BCUT2D eigenvalue weighted by molar-refractivity contribution is 7.92. The Morgan fingerprint density at radius 3 is 2.30 bits per heavy atom. The van der Waals surface area contributed by atoms with Crippen molar-refractivity contribution in [3.8, 4) is 11.5 Å². The van der Waals surface area contributed by atoms with E-state index in [4.69, 9.17) is 21.1 Å². The van der Waals surface area contributed by atoms with Gasteiger partial charge in [0.05, 0.1) is 36.9 Å². The van der Waals surface area contributed by atoms with Crippen molar-refractivity contribution < 1.29 is 27.8 Å². The molecule has 1 fully saturated rings. The van der Waals surface area contributed by atoms with Crippen molar-refractivity contribution in [1.82, 2.24) is 4.90 Å². The van der Waals surface area contributed by atoms with Gasteiger partial charge in [-0.25, -0.2) is 8.42 Å². The molecule has 2 aromatic rings. The number of aliphatic hydroxyl groups is 1. The standard InChI is InChI=1S/C23H29ClN2O6S/c1-25(19-6-4-5-7-20(19)27)23(28)15-26(17-10-8-16(24)9-11-17)33(29,30)18-12-13-21(31-2)22(14-18)32-3/h8-14,19-20,27H,4-7,15H2,1-3H3. The summed E-state index contributed by atoms with van der Waals surface area (Å²) in [6.07, 6.45) is 2.48. The van der Waals surface area contributed by atoms with Crippen LogP contribution in [0, 0.1) is 0 Å². The number of benzene rings is 2. The lowest BCUT2D eigenvalue weighted by atomic mass is 9.91. The Kier molecular flexibility index (Phi) is 8.10. The fourth-order valence-corrected chi connectivity index (χ4v) is 5.55. The first-order valence-electron chi connectivity index (χ1n) is 10.6. The van der Waals surface area contributed by atoms with Crippen LogP contribution in [0.5, 0.6) is 11.5 Å². The van der Waals surface area contributed by atoms with Crippen LogP contribution in [-0.2, 0) is 14.8 Å². The van der Waals surface area contributed by atoms with E-state index in [1.54, 1.807) is 31.3 Å². The van der Waals surface area contributed by atoms with Crippen molar-refractivity contribution in [3.05, 3.63) is 47.5 Å². The number of hydrogen-bond acceptors (Lipinski definition) is 6. The zero-order valence-corrected chi connectivity index (χ0v) is 20.5. The number of rotatable bonds is 8. The van der Waals surface area contributed by atoms with Gasteiger partial charge in [-0.3, -0.25) is 9.10 Å². The summed E-state index contributed by atoms with van der Waals surface area (Å²) in [5, 5.41) is 10.8. The number of amides is 1. The number of carbonyl (C=O) groups excluding carboxylic acids is 1. The summed E-state index contributed by atoms with van der Waals surface area (Å²) >= 11 is 5.99. The van der Waals surface area contributed by atoms with Crippen molar-refractivity contribution in [2.24, 2.45) is 0 Å².